The number of rotatable bonds is 4. The van der Waals surface area contributed by atoms with E-state index >= 15 is 0 Å². The van der Waals surface area contributed by atoms with Crippen molar-refractivity contribution in [1.82, 2.24) is 0 Å². The quantitative estimate of drug-likeness (QED) is 0.737. The SMILES string of the molecule is COc1ccccc1OCC1=CC2(CCCC2)CCC1. The minimum atomic E-state index is 0.512. The third kappa shape index (κ3) is 2.84. The zero-order chi connectivity index (χ0) is 13.8. The van der Waals surface area contributed by atoms with Gasteiger partial charge in [-0.05, 0) is 55.2 Å². The van der Waals surface area contributed by atoms with E-state index in [0.29, 0.717) is 12.0 Å². The maximum atomic E-state index is 5.98. The van der Waals surface area contributed by atoms with Crippen LogP contribution in [0.1, 0.15) is 44.9 Å². The molecule has 1 saturated carbocycles. The molecule has 2 aliphatic carbocycles. The standard InChI is InChI=1S/C18H24O2/c1-19-16-8-2-3-9-17(16)20-14-15-7-6-12-18(13-15)10-4-5-11-18/h2-3,8-9,13H,4-7,10-12,14H2,1H3. The Morgan fingerprint density at radius 1 is 1.00 bits per heavy atom. The van der Waals surface area contributed by atoms with Crippen LogP contribution in [0.4, 0.5) is 0 Å². The zero-order valence-corrected chi connectivity index (χ0v) is 12.4. The highest BCUT2D eigenvalue weighted by atomic mass is 16.5. The van der Waals surface area contributed by atoms with Crippen LogP contribution in [0.15, 0.2) is 35.9 Å². The predicted octanol–water partition coefficient (Wildman–Crippen LogP) is 4.74. The Hall–Kier alpha value is -1.44. The van der Waals surface area contributed by atoms with Gasteiger partial charge in [0.1, 0.15) is 6.61 Å². The molecule has 2 heteroatoms. The molecular formula is C18H24O2. The summed E-state index contributed by atoms with van der Waals surface area (Å²) in [5.41, 5.74) is 1.99. The summed E-state index contributed by atoms with van der Waals surface area (Å²) >= 11 is 0. The van der Waals surface area contributed by atoms with Gasteiger partial charge < -0.3 is 9.47 Å². The van der Waals surface area contributed by atoms with Crippen LogP contribution in [0.25, 0.3) is 0 Å². The lowest BCUT2D eigenvalue weighted by Gasteiger charge is -2.31. The Labute approximate surface area is 121 Å². The van der Waals surface area contributed by atoms with Gasteiger partial charge in [0.2, 0.25) is 0 Å². The Balaban J connectivity index is 1.67. The average molecular weight is 272 g/mol. The molecular weight excluding hydrogens is 248 g/mol. The van der Waals surface area contributed by atoms with E-state index in [1.807, 2.05) is 24.3 Å². The minimum absolute atomic E-state index is 0.512. The maximum absolute atomic E-state index is 5.98. The molecule has 0 radical (unpaired) electrons. The van der Waals surface area contributed by atoms with E-state index in [-0.39, 0.29) is 0 Å². The summed E-state index contributed by atoms with van der Waals surface area (Å²) in [6.45, 7) is 0.710. The van der Waals surface area contributed by atoms with Crippen LogP contribution < -0.4 is 9.47 Å². The Morgan fingerprint density at radius 2 is 1.70 bits per heavy atom. The average Bonchev–Trinajstić information content (AvgIpc) is 2.93. The van der Waals surface area contributed by atoms with Crippen LogP contribution in [0, 0.1) is 5.41 Å². The number of ether oxygens (including phenoxy) is 2. The lowest BCUT2D eigenvalue weighted by Crippen LogP contribution is -2.19. The lowest BCUT2D eigenvalue weighted by atomic mass is 9.75. The molecule has 0 aromatic heterocycles. The predicted molar refractivity (Wildman–Crippen MR) is 81.3 cm³/mol. The summed E-state index contributed by atoms with van der Waals surface area (Å²) in [5, 5.41) is 0. The van der Waals surface area contributed by atoms with E-state index in [0.717, 1.165) is 11.5 Å². The van der Waals surface area contributed by atoms with Crippen LogP contribution in [0.2, 0.25) is 0 Å². The highest BCUT2D eigenvalue weighted by molar-refractivity contribution is 5.39. The molecule has 1 spiro atoms. The van der Waals surface area contributed by atoms with Crippen LogP contribution in [0.3, 0.4) is 0 Å². The molecule has 2 aliphatic rings. The van der Waals surface area contributed by atoms with Crippen molar-refractivity contribution in [3.8, 4) is 11.5 Å². The molecule has 0 unspecified atom stereocenters. The highest BCUT2D eigenvalue weighted by Crippen LogP contribution is 2.47. The van der Waals surface area contributed by atoms with Crippen molar-refractivity contribution in [1.29, 1.82) is 0 Å². The summed E-state index contributed by atoms with van der Waals surface area (Å²) in [6.07, 6.45) is 12.0. The summed E-state index contributed by atoms with van der Waals surface area (Å²) in [6, 6.07) is 7.89. The van der Waals surface area contributed by atoms with Gasteiger partial charge in [0.15, 0.2) is 11.5 Å². The molecule has 0 amide bonds. The maximum Gasteiger partial charge on any atom is 0.161 e. The molecule has 0 heterocycles. The van der Waals surface area contributed by atoms with E-state index in [2.05, 4.69) is 6.08 Å². The van der Waals surface area contributed by atoms with E-state index in [1.165, 1.54) is 50.5 Å². The second-order valence-electron chi connectivity index (χ2n) is 6.17. The number of hydrogen-bond donors (Lipinski definition) is 0. The normalized spacial score (nSPS) is 20.8. The van der Waals surface area contributed by atoms with Crippen LogP contribution in [-0.2, 0) is 0 Å². The van der Waals surface area contributed by atoms with Gasteiger partial charge in [0.05, 0.1) is 7.11 Å². The van der Waals surface area contributed by atoms with Gasteiger partial charge in [-0.3, -0.25) is 0 Å². The molecule has 1 fully saturated rings. The zero-order valence-electron chi connectivity index (χ0n) is 12.4. The Bertz CT molecular complexity index is 484. The number of allylic oxidation sites excluding steroid dienone is 1. The fraction of sp³-hybridized carbons (Fsp3) is 0.556. The monoisotopic (exact) mass is 272 g/mol. The molecule has 0 aliphatic heterocycles. The molecule has 0 saturated heterocycles. The summed E-state index contributed by atoms with van der Waals surface area (Å²) in [5.74, 6) is 1.67. The van der Waals surface area contributed by atoms with E-state index in [9.17, 15) is 0 Å². The smallest absolute Gasteiger partial charge is 0.161 e. The van der Waals surface area contributed by atoms with Crippen molar-refractivity contribution < 1.29 is 9.47 Å². The third-order valence-electron chi connectivity index (χ3n) is 4.76. The van der Waals surface area contributed by atoms with Gasteiger partial charge in [0, 0.05) is 0 Å². The van der Waals surface area contributed by atoms with Crippen LogP contribution in [0.5, 0.6) is 11.5 Å². The Morgan fingerprint density at radius 3 is 2.45 bits per heavy atom. The second kappa shape index (κ2) is 5.90. The van der Waals surface area contributed by atoms with Crippen LogP contribution in [-0.4, -0.2) is 13.7 Å². The van der Waals surface area contributed by atoms with Crippen molar-refractivity contribution in [2.75, 3.05) is 13.7 Å². The molecule has 3 rings (SSSR count). The summed E-state index contributed by atoms with van der Waals surface area (Å²) in [7, 11) is 1.69. The summed E-state index contributed by atoms with van der Waals surface area (Å²) in [4.78, 5) is 0. The lowest BCUT2D eigenvalue weighted by molar-refractivity contribution is 0.289. The van der Waals surface area contributed by atoms with Gasteiger partial charge in [-0.15, -0.1) is 0 Å². The van der Waals surface area contributed by atoms with Gasteiger partial charge >= 0.3 is 0 Å². The number of benzene rings is 1. The molecule has 0 N–H and O–H groups in total. The van der Waals surface area contributed by atoms with Gasteiger partial charge in [-0.25, -0.2) is 0 Å². The first-order valence-electron chi connectivity index (χ1n) is 7.78. The van der Waals surface area contributed by atoms with Crippen molar-refractivity contribution in [2.45, 2.75) is 44.9 Å². The second-order valence-corrected chi connectivity index (χ2v) is 6.17. The molecule has 1 aromatic carbocycles. The fourth-order valence-corrected chi connectivity index (χ4v) is 3.74. The topological polar surface area (TPSA) is 18.5 Å². The third-order valence-corrected chi connectivity index (χ3v) is 4.76. The number of para-hydroxylation sites is 2. The largest absolute Gasteiger partial charge is 0.493 e. The van der Waals surface area contributed by atoms with Gasteiger partial charge in [-0.2, -0.15) is 0 Å². The fourth-order valence-electron chi connectivity index (χ4n) is 3.74. The van der Waals surface area contributed by atoms with E-state index < -0.39 is 0 Å². The van der Waals surface area contributed by atoms with Crippen LogP contribution >= 0.6 is 0 Å². The highest BCUT2D eigenvalue weighted by Gasteiger charge is 2.33. The molecule has 108 valence electrons. The number of hydrogen-bond acceptors (Lipinski definition) is 2. The van der Waals surface area contributed by atoms with Crippen molar-refractivity contribution in [3.63, 3.8) is 0 Å². The van der Waals surface area contributed by atoms with Gasteiger partial charge in [-0.1, -0.05) is 31.1 Å². The minimum Gasteiger partial charge on any atom is -0.493 e. The van der Waals surface area contributed by atoms with Crippen molar-refractivity contribution in [2.24, 2.45) is 5.41 Å². The first-order chi connectivity index (χ1) is 9.81. The van der Waals surface area contributed by atoms with Crippen molar-refractivity contribution in [3.05, 3.63) is 35.9 Å². The Kier molecular flexibility index (Phi) is 4.00. The summed E-state index contributed by atoms with van der Waals surface area (Å²) < 4.78 is 11.3. The first-order valence-corrected chi connectivity index (χ1v) is 7.78. The molecule has 1 aromatic rings. The molecule has 2 nitrogen and oxygen atoms in total. The van der Waals surface area contributed by atoms with Gasteiger partial charge in [0.25, 0.3) is 0 Å². The van der Waals surface area contributed by atoms with E-state index in [4.69, 9.17) is 9.47 Å². The number of methoxy groups -OCH3 is 1. The van der Waals surface area contributed by atoms with E-state index in [1.54, 1.807) is 7.11 Å². The first kappa shape index (κ1) is 13.5. The molecule has 0 atom stereocenters. The molecule has 20 heavy (non-hydrogen) atoms. The van der Waals surface area contributed by atoms with Crippen molar-refractivity contribution >= 4 is 0 Å². The molecule has 0 bridgehead atoms.